The Labute approximate surface area is 128 Å². The van der Waals surface area contributed by atoms with Crippen molar-refractivity contribution in [3.8, 4) is 11.8 Å². The Morgan fingerprint density at radius 1 is 1.19 bits per heavy atom. The summed E-state index contributed by atoms with van der Waals surface area (Å²) in [7, 11) is 1.41. The lowest BCUT2D eigenvalue weighted by Crippen LogP contribution is -2.09. The summed E-state index contributed by atoms with van der Waals surface area (Å²) in [6, 6.07) is 5.72. The highest BCUT2D eigenvalue weighted by atomic mass is 35.7. The minimum absolute atomic E-state index is 0.0237. The maximum Gasteiger partial charge on any atom is 0.280 e. The van der Waals surface area contributed by atoms with Crippen molar-refractivity contribution in [2.75, 3.05) is 0 Å². The van der Waals surface area contributed by atoms with E-state index in [9.17, 15) is 13.7 Å². The molecule has 0 spiro atoms. The highest BCUT2D eigenvalue weighted by Gasteiger charge is 2.27. The quantitative estimate of drug-likeness (QED) is 0.796. The molecule has 5 nitrogen and oxygen atoms in total. The summed E-state index contributed by atoms with van der Waals surface area (Å²) in [5.74, 6) is 0. The monoisotopic (exact) mass is 323 g/mol. The molecule has 1 aromatic heterocycles. The fourth-order valence-corrected chi connectivity index (χ4v) is 3.72. The number of aryl methyl sites for hydroxylation is 4. The second kappa shape index (κ2) is 5.17. The molecule has 0 aliphatic carbocycles. The van der Waals surface area contributed by atoms with E-state index in [4.69, 9.17) is 10.7 Å². The highest BCUT2D eigenvalue weighted by molar-refractivity contribution is 8.13. The van der Waals surface area contributed by atoms with E-state index in [1.165, 1.54) is 4.68 Å². The molecule has 2 aromatic rings. The van der Waals surface area contributed by atoms with Gasteiger partial charge in [0.1, 0.15) is 11.6 Å². The Bertz CT molecular complexity index is 853. The van der Waals surface area contributed by atoms with Gasteiger partial charge >= 0.3 is 0 Å². The predicted molar refractivity (Wildman–Crippen MR) is 80.3 cm³/mol. The van der Waals surface area contributed by atoms with Crippen molar-refractivity contribution in [3.05, 3.63) is 40.1 Å². The van der Waals surface area contributed by atoms with Crippen LogP contribution in [0, 0.1) is 39.0 Å². The molecule has 0 saturated heterocycles. The van der Waals surface area contributed by atoms with E-state index < -0.39 is 9.05 Å². The van der Waals surface area contributed by atoms with Crippen LogP contribution in [0.5, 0.6) is 0 Å². The van der Waals surface area contributed by atoms with Crippen LogP contribution in [0.1, 0.15) is 27.9 Å². The summed E-state index contributed by atoms with van der Waals surface area (Å²) in [5.41, 5.74) is 3.72. The lowest BCUT2D eigenvalue weighted by molar-refractivity contribution is 0.599. The molecule has 7 heteroatoms. The van der Waals surface area contributed by atoms with Gasteiger partial charge in [-0.2, -0.15) is 10.4 Å². The highest BCUT2D eigenvalue weighted by Crippen LogP contribution is 2.29. The molecule has 0 amide bonds. The first-order valence-corrected chi connectivity index (χ1v) is 8.50. The summed E-state index contributed by atoms with van der Waals surface area (Å²) < 4.78 is 25.0. The number of hydrogen-bond donors (Lipinski definition) is 0. The van der Waals surface area contributed by atoms with Crippen LogP contribution in [0.3, 0.4) is 0 Å². The van der Waals surface area contributed by atoms with Gasteiger partial charge in [0, 0.05) is 10.7 Å². The normalized spacial score (nSPS) is 11.4. The molecule has 1 aromatic carbocycles. The number of nitrogens with zero attached hydrogens (tertiary/aromatic N) is 3. The second-order valence-electron chi connectivity index (χ2n) is 4.97. The fourth-order valence-electron chi connectivity index (χ4n) is 2.52. The Morgan fingerprint density at radius 2 is 1.71 bits per heavy atom. The van der Waals surface area contributed by atoms with E-state index in [0.717, 1.165) is 16.7 Å². The predicted octanol–water partition coefficient (Wildman–Crippen LogP) is 2.91. The van der Waals surface area contributed by atoms with Gasteiger partial charge in [0.15, 0.2) is 5.03 Å². The molecule has 0 fully saturated rings. The zero-order chi connectivity index (χ0) is 15.9. The van der Waals surface area contributed by atoms with Crippen molar-refractivity contribution in [1.82, 2.24) is 9.78 Å². The summed E-state index contributed by atoms with van der Waals surface area (Å²) >= 11 is 0. The summed E-state index contributed by atoms with van der Waals surface area (Å²) in [4.78, 5) is 0. The molecule has 0 N–H and O–H groups in total. The third kappa shape index (κ3) is 2.67. The van der Waals surface area contributed by atoms with Crippen LogP contribution in [-0.4, -0.2) is 18.2 Å². The second-order valence-corrected chi connectivity index (χ2v) is 7.46. The molecule has 0 atom stereocenters. The number of halogens is 1. The Kier molecular flexibility index (Phi) is 3.83. The van der Waals surface area contributed by atoms with Crippen LogP contribution in [0.25, 0.3) is 5.69 Å². The third-order valence-electron chi connectivity index (χ3n) is 3.21. The molecule has 0 aliphatic heterocycles. The van der Waals surface area contributed by atoms with Gasteiger partial charge in [-0.25, -0.2) is 13.1 Å². The summed E-state index contributed by atoms with van der Waals surface area (Å²) in [5, 5.41) is 13.1. The van der Waals surface area contributed by atoms with Crippen molar-refractivity contribution in [2.24, 2.45) is 0 Å². The molecule has 0 radical (unpaired) electrons. The van der Waals surface area contributed by atoms with Crippen LogP contribution in [-0.2, 0) is 9.05 Å². The van der Waals surface area contributed by atoms with Crippen LogP contribution in [0.4, 0.5) is 0 Å². The van der Waals surface area contributed by atoms with Gasteiger partial charge in [0.2, 0.25) is 0 Å². The topological polar surface area (TPSA) is 75.8 Å². The van der Waals surface area contributed by atoms with Crippen LogP contribution in [0.2, 0.25) is 0 Å². The average molecular weight is 324 g/mol. The molecule has 21 heavy (non-hydrogen) atoms. The van der Waals surface area contributed by atoms with E-state index in [-0.39, 0.29) is 10.6 Å². The Balaban J connectivity index is 2.94. The molecule has 0 bridgehead atoms. The van der Waals surface area contributed by atoms with Crippen molar-refractivity contribution >= 4 is 19.7 Å². The van der Waals surface area contributed by atoms with E-state index in [2.05, 4.69) is 5.10 Å². The first-order chi connectivity index (χ1) is 9.66. The minimum atomic E-state index is -4.10. The molecule has 2 rings (SSSR count). The molecule has 0 saturated carbocycles. The van der Waals surface area contributed by atoms with Gasteiger partial charge in [-0.15, -0.1) is 0 Å². The number of nitriles is 1. The van der Waals surface area contributed by atoms with Gasteiger partial charge < -0.3 is 0 Å². The number of aromatic nitrogens is 2. The lowest BCUT2D eigenvalue weighted by atomic mass is 10.1. The van der Waals surface area contributed by atoms with Gasteiger partial charge in [-0.1, -0.05) is 17.7 Å². The lowest BCUT2D eigenvalue weighted by Gasteiger charge is -2.13. The van der Waals surface area contributed by atoms with Crippen LogP contribution < -0.4 is 0 Å². The SMILES string of the molecule is Cc1cc(C)c(-n2nc(C)c(C#N)c2S(=O)(=O)Cl)c(C)c1. The molecule has 0 unspecified atom stereocenters. The molecular formula is C14H14ClN3O2S. The maximum atomic E-state index is 11.9. The van der Waals surface area contributed by atoms with Crippen molar-refractivity contribution in [2.45, 2.75) is 32.7 Å². The van der Waals surface area contributed by atoms with Crippen LogP contribution >= 0.6 is 10.7 Å². The van der Waals surface area contributed by atoms with E-state index in [0.29, 0.717) is 11.4 Å². The Morgan fingerprint density at radius 3 is 2.14 bits per heavy atom. The van der Waals surface area contributed by atoms with Gasteiger partial charge in [-0.05, 0) is 38.8 Å². The average Bonchev–Trinajstić information content (AvgIpc) is 2.64. The van der Waals surface area contributed by atoms with Gasteiger partial charge in [-0.3, -0.25) is 0 Å². The number of rotatable bonds is 2. The third-order valence-corrected chi connectivity index (χ3v) is 4.49. The number of benzene rings is 1. The first kappa shape index (κ1) is 15.5. The molecule has 110 valence electrons. The van der Waals surface area contributed by atoms with E-state index in [1.54, 1.807) is 6.92 Å². The Hall–Kier alpha value is -1.84. The largest absolute Gasteiger partial charge is 0.280 e. The van der Waals surface area contributed by atoms with Gasteiger partial charge in [0.05, 0.1) is 11.4 Å². The van der Waals surface area contributed by atoms with Crippen molar-refractivity contribution < 1.29 is 8.42 Å². The van der Waals surface area contributed by atoms with Crippen molar-refractivity contribution in [1.29, 1.82) is 5.26 Å². The minimum Gasteiger partial charge on any atom is -0.219 e. The van der Waals surface area contributed by atoms with E-state index >= 15 is 0 Å². The maximum absolute atomic E-state index is 11.9. The van der Waals surface area contributed by atoms with Gasteiger partial charge in [0.25, 0.3) is 9.05 Å². The fraction of sp³-hybridized carbons (Fsp3) is 0.286. The van der Waals surface area contributed by atoms with Crippen LogP contribution in [0.15, 0.2) is 17.2 Å². The smallest absolute Gasteiger partial charge is 0.219 e. The summed E-state index contributed by atoms with van der Waals surface area (Å²) in [6.45, 7) is 7.27. The molecule has 0 aliphatic rings. The van der Waals surface area contributed by atoms with E-state index in [1.807, 2.05) is 39.0 Å². The molecule has 1 heterocycles. The number of hydrogen-bond acceptors (Lipinski definition) is 4. The summed E-state index contributed by atoms with van der Waals surface area (Å²) in [6.07, 6.45) is 0. The standard InChI is InChI=1S/C14H14ClN3O2S/c1-8-5-9(2)13(10(3)6-8)18-14(21(15,19)20)12(7-16)11(4)17-18/h5-6H,1-4H3. The van der Waals surface area contributed by atoms with Crippen molar-refractivity contribution in [3.63, 3.8) is 0 Å². The molecular weight excluding hydrogens is 310 g/mol. The zero-order valence-electron chi connectivity index (χ0n) is 12.1. The first-order valence-electron chi connectivity index (χ1n) is 6.19. The zero-order valence-corrected chi connectivity index (χ0v) is 13.7.